The smallest absolute Gasteiger partial charge is 0.308 e. The molecule has 0 amide bonds. The van der Waals surface area contributed by atoms with E-state index >= 15 is 0 Å². The highest BCUT2D eigenvalue weighted by Crippen LogP contribution is 2.39. The van der Waals surface area contributed by atoms with Gasteiger partial charge in [0.05, 0.1) is 32.6 Å². The van der Waals surface area contributed by atoms with Crippen LogP contribution in [0.3, 0.4) is 0 Å². The summed E-state index contributed by atoms with van der Waals surface area (Å²) < 4.78 is 15.7. The van der Waals surface area contributed by atoms with Gasteiger partial charge in [0.15, 0.2) is 11.5 Å². The van der Waals surface area contributed by atoms with Crippen LogP contribution in [0.15, 0.2) is 24.3 Å². The first-order valence-electron chi connectivity index (χ1n) is 6.65. The lowest BCUT2D eigenvalue weighted by Crippen LogP contribution is -2.02. The molecule has 0 bridgehead atoms. The second-order valence-electron chi connectivity index (χ2n) is 4.58. The first-order valence-corrected chi connectivity index (χ1v) is 7.47. The molecule has 23 heavy (non-hydrogen) atoms. The van der Waals surface area contributed by atoms with Crippen LogP contribution in [0.5, 0.6) is 17.2 Å². The second-order valence-corrected chi connectivity index (χ2v) is 5.75. The van der Waals surface area contributed by atoms with Gasteiger partial charge in [0.2, 0.25) is 11.5 Å². The highest BCUT2D eigenvalue weighted by molar-refractivity contribution is 7.14. The summed E-state index contributed by atoms with van der Waals surface area (Å²) in [5, 5.41) is 8.80. The van der Waals surface area contributed by atoms with Crippen LogP contribution >= 0.6 is 11.3 Å². The van der Waals surface area contributed by atoms with Crippen molar-refractivity contribution in [2.24, 2.45) is 0 Å². The van der Waals surface area contributed by atoms with Crippen molar-refractivity contribution in [1.82, 2.24) is 0 Å². The van der Waals surface area contributed by atoms with E-state index in [0.717, 1.165) is 11.3 Å². The number of thiophene rings is 1. The zero-order valence-corrected chi connectivity index (χ0v) is 13.7. The Labute approximate surface area is 137 Å². The fourth-order valence-electron chi connectivity index (χ4n) is 2.10. The van der Waals surface area contributed by atoms with Gasteiger partial charge in [-0.2, -0.15) is 0 Å². The number of carboxylic acid groups (broad SMARTS) is 1. The molecule has 0 aliphatic heterocycles. The summed E-state index contributed by atoms with van der Waals surface area (Å²) in [6.45, 7) is 0. The normalized spacial score (nSPS) is 10.2. The number of ether oxygens (including phenoxy) is 3. The molecule has 0 saturated carbocycles. The summed E-state index contributed by atoms with van der Waals surface area (Å²) in [7, 11) is 4.43. The number of hydrogen-bond acceptors (Lipinski definition) is 6. The predicted octanol–water partition coefficient (Wildman–Crippen LogP) is 2.63. The molecule has 7 heteroatoms. The number of rotatable bonds is 7. The van der Waals surface area contributed by atoms with Crippen LogP contribution < -0.4 is 14.2 Å². The molecule has 1 N–H and O–H groups in total. The fourth-order valence-corrected chi connectivity index (χ4v) is 3.06. The number of aliphatic carboxylic acids is 1. The van der Waals surface area contributed by atoms with Crippen LogP contribution in [-0.4, -0.2) is 38.2 Å². The third-order valence-corrected chi connectivity index (χ3v) is 4.22. The maximum atomic E-state index is 12.6. The average Bonchev–Trinajstić information content (AvgIpc) is 3.00. The minimum absolute atomic E-state index is 0.104. The summed E-state index contributed by atoms with van der Waals surface area (Å²) >= 11 is 1.16. The molecule has 122 valence electrons. The zero-order chi connectivity index (χ0) is 17.0. The Balaban J connectivity index is 2.39. The van der Waals surface area contributed by atoms with Gasteiger partial charge in [0, 0.05) is 10.4 Å². The largest absolute Gasteiger partial charge is 0.493 e. The Morgan fingerprint density at radius 1 is 1.04 bits per heavy atom. The van der Waals surface area contributed by atoms with Crippen molar-refractivity contribution in [3.63, 3.8) is 0 Å². The molecule has 1 aromatic heterocycles. The summed E-state index contributed by atoms with van der Waals surface area (Å²) in [5.74, 6) is 0.0175. The van der Waals surface area contributed by atoms with Gasteiger partial charge in [0.25, 0.3) is 0 Å². The number of hydrogen-bond donors (Lipinski definition) is 1. The molecule has 6 nitrogen and oxygen atoms in total. The minimum atomic E-state index is -0.932. The maximum Gasteiger partial charge on any atom is 0.308 e. The summed E-state index contributed by atoms with van der Waals surface area (Å²) in [5.41, 5.74) is 0.378. The molecule has 2 aromatic rings. The second kappa shape index (κ2) is 7.15. The van der Waals surface area contributed by atoms with E-state index in [-0.39, 0.29) is 12.2 Å². The molecule has 0 saturated heterocycles. The molecule has 0 radical (unpaired) electrons. The van der Waals surface area contributed by atoms with Gasteiger partial charge >= 0.3 is 5.97 Å². The van der Waals surface area contributed by atoms with Crippen molar-refractivity contribution in [3.05, 3.63) is 39.6 Å². The van der Waals surface area contributed by atoms with Gasteiger partial charge in [-0.15, -0.1) is 11.3 Å². The van der Waals surface area contributed by atoms with E-state index in [1.165, 1.54) is 21.3 Å². The Morgan fingerprint density at radius 2 is 1.65 bits per heavy atom. The molecular weight excluding hydrogens is 320 g/mol. The molecule has 0 atom stereocenters. The zero-order valence-electron chi connectivity index (χ0n) is 12.9. The highest BCUT2D eigenvalue weighted by atomic mass is 32.1. The standard InChI is InChI=1S/C16H16O6S/c1-20-11-6-9(7-12(21-2)16(11)22-3)15(19)13-5-4-10(23-13)8-14(17)18/h4-7H,8H2,1-3H3,(H,17,18). The maximum absolute atomic E-state index is 12.6. The predicted molar refractivity (Wildman–Crippen MR) is 85.2 cm³/mol. The van der Waals surface area contributed by atoms with E-state index in [9.17, 15) is 9.59 Å². The van der Waals surface area contributed by atoms with Crippen molar-refractivity contribution in [2.75, 3.05) is 21.3 Å². The van der Waals surface area contributed by atoms with E-state index in [1.807, 2.05) is 0 Å². The van der Waals surface area contributed by atoms with Crippen LogP contribution in [-0.2, 0) is 11.2 Å². The fraction of sp³-hybridized carbons (Fsp3) is 0.250. The lowest BCUT2D eigenvalue weighted by Gasteiger charge is -2.13. The number of carboxylic acids is 1. The number of benzene rings is 1. The summed E-state index contributed by atoms with van der Waals surface area (Å²) in [6, 6.07) is 6.40. The van der Waals surface area contributed by atoms with Gasteiger partial charge in [0.1, 0.15) is 0 Å². The van der Waals surface area contributed by atoms with Gasteiger partial charge in [-0.3, -0.25) is 9.59 Å². The lowest BCUT2D eigenvalue weighted by atomic mass is 10.1. The highest BCUT2D eigenvalue weighted by Gasteiger charge is 2.19. The Morgan fingerprint density at radius 3 is 2.13 bits per heavy atom. The molecule has 0 spiro atoms. The number of ketones is 1. The van der Waals surface area contributed by atoms with Crippen molar-refractivity contribution in [1.29, 1.82) is 0 Å². The van der Waals surface area contributed by atoms with Crippen molar-refractivity contribution < 1.29 is 28.9 Å². The molecule has 1 aromatic carbocycles. The van der Waals surface area contributed by atoms with E-state index in [4.69, 9.17) is 19.3 Å². The van der Waals surface area contributed by atoms with E-state index in [2.05, 4.69) is 0 Å². The topological polar surface area (TPSA) is 82.1 Å². The van der Waals surface area contributed by atoms with Crippen molar-refractivity contribution >= 4 is 23.1 Å². The van der Waals surface area contributed by atoms with Gasteiger partial charge < -0.3 is 19.3 Å². The Hall–Kier alpha value is -2.54. The molecule has 0 unspecified atom stereocenters. The van der Waals surface area contributed by atoms with Crippen LogP contribution in [0.4, 0.5) is 0 Å². The van der Waals surface area contributed by atoms with E-state index in [0.29, 0.717) is 32.6 Å². The Kier molecular flexibility index (Phi) is 5.23. The molecule has 1 heterocycles. The molecule has 2 rings (SSSR count). The summed E-state index contributed by atoms with van der Waals surface area (Å²) in [4.78, 5) is 24.4. The third kappa shape index (κ3) is 3.62. The number of methoxy groups -OCH3 is 3. The van der Waals surface area contributed by atoms with Crippen molar-refractivity contribution in [3.8, 4) is 17.2 Å². The first-order chi connectivity index (χ1) is 11.0. The van der Waals surface area contributed by atoms with Crippen LogP contribution in [0, 0.1) is 0 Å². The van der Waals surface area contributed by atoms with Crippen molar-refractivity contribution in [2.45, 2.75) is 6.42 Å². The van der Waals surface area contributed by atoms with Crippen LogP contribution in [0.1, 0.15) is 20.1 Å². The van der Waals surface area contributed by atoms with Gasteiger partial charge in [-0.25, -0.2) is 0 Å². The Bertz CT molecular complexity index is 709. The molecule has 0 aliphatic carbocycles. The van der Waals surface area contributed by atoms with Gasteiger partial charge in [-0.1, -0.05) is 0 Å². The van der Waals surface area contributed by atoms with Gasteiger partial charge in [-0.05, 0) is 24.3 Å². The monoisotopic (exact) mass is 336 g/mol. The molecular formula is C16H16O6S. The molecule has 0 aliphatic rings. The van der Waals surface area contributed by atoms with Crippen LogP contribution in [0.25, 0.3) is 0 Å². The number of carbonyl (C=O) groups excluding carboxylic acids is 1. The average molecular weight is 336 g/mol. The minimum Gasteiger partial charge on any atom is -0.493 e. The van der Waals surface area contributed by atoms with Crippen LogP contribution in [0.2, 0.25) is 0 Å². The number of carbonyl (C=O) groups is 2. The third-order valence-electron chi connectivity index (χ3n) is 3.14. The molecule has 0 fully saturated rings. The summed E-state index contributed by atoms with van der Waals surface area (Å²) in [6.07, 6.45) is -0.104. The SMILES string of the molecule is COc1cc(C(=O)c2ccc(CC(=O)O)s2)cc(OC)c1OC. The van der Waals surface area contributed by atoms with E-state index in [1.54, 1.807) is 24.3 Å². The first kappa shape index (κ1) is 16.8. The quantitative estimate of drug-likeness (QED) is 0.783. The van der Waals surface area contributed by atoms with E-state index < -0.39 is 5.97 Å². The lowest BCUT2D eigenvalue weighted by molar-refractivity contribution is -0.136.